The number of benzene rings is 2. The number of hydrogen-bond acceptors (Lipinski definition) is 4. The number of ketones is 1. The number of aromatic nitrogens is 2. The number of nitrogens with zero attached hydrogens (tertiary/aromatic N) is 2. The maximum Gasteiger partial charge on any atom is 0.238 e. The molecule has 136 valence electrons. The Bertz CT molecular complexity index is 1200. The van der Waals surface area contributed by atoms with Gasteiger partial charge in [-0.3, -0.25) is 4.79 Å². The minimum atomic E-state index is -3.85. The summed E-state index contributed by atoms with van der Waals surface area (Å²) in [4.78, 5) is 17.6. The number of aryl methyl sites for hydroxylation is 1. The Morgan fingerprint density at radius 1 is 1.11 bits per heavy atom. The van der Waals surface area contributed by atoms with Crippen LogP contribution in [0, 0.1) is 5.92 Å². The topological polar surface area (TPSA) is 95.1 Å². The van der Waals surface area contributed by atoms with Gasteiger partial charge in [0.25, 0.3) is 0 Å². The number of carbonyl (C=O) groups is 1. The van der Waals surface area contributed by atoms with Crippen molar-refractivity contribution < 1.29 is 13.2 Å². The van der Waals surface area contributed by atoms with E-state index in [0.717, 1.165) is 28.8 Å². The largest absolute Gasteiger partial charge is 0.322 e. The van der Waals surface area contributed by atoms with Gasteiger partial charge < -0.3 is 4.57 Å². The standard InChI is InChI=1S/C20H17N3O3S/c21-27(25,26)13-7-5-12-6-8-16(20(24)17(12)9-13)19-15-4-2-1-3-14(15)18-10-22-11-23(18)19/h1-5,7,9-11,16,19H,6,8H2,(H2,21,25,26). The summed E-state index contributed by atoms with van der Waals surface area (Å²) in [7, 11) is -3.85. The number of carbonyl (C=O) groups excluding carboxylic acids is 1. The summed E-state index contributed by atoms with van der Waals surface area (Å²) in [5, 5.41) is 5.25. The number of primary sulfonamides is 1. The van der Waals surface area contributed by atoms with Crippen molar-refractivity contribution in [2.75, 3.05) is 0 Å². The van der Waals surface area contributed by atoms with E-state index < -0.39 is 10.0 Å². The van der Waals surface area contributed by atoms with E-state index in [1.165, 1.54) is 12.1 Å². The van der Waals surface area contributed by atoms with Crippen molar-refractivity contribution in [2.24, 2.45) is 11.1 Å². The average molecular weight is 379 g/mol. The maximum absolute atomic E-state index is 13.4. The van der Waals surface area contributed by atoms with Gasteiger partial charge in [0.05, 0.1) is 29.2 Å². The Kier molecular flexibility index (Phi) is 3.41. The van der Waals surface area contributed by atoms with Crippen LogP contribution in [0.5, 0.6) is 0 Å². The van der Waals surface area contributed by atoms with Crippen LogP contribution in [0.3, 0.4) is 0 Å². The summed E-state index contributed by atoms with van der Waals surface area (Å²) < 4.78 is 25.5. The van der Waals surface area contributed by atoms with Crippen LogP contribution >= 0.6 is 0 Å². The quantitative estimate of drug-likeness (QED) is 0.740. The lowest BCUT2D eigenvalue weighted by Crippen LogP contribution is -2.30. The predicted octanol–water partition coefficient (Wildman–Crippen LogP) is 2.55. The highest BCUT2D eigenvalue weighted by Crippen LogP contribution is 2.46. The SMILES string of the molecule is NS(=O)(=O)c1ccc2c(c1)C(=O)C(C1c3ccccc3-c3cncn31)CC2. The smallest absolute Gasteiger partial charge is 0.238 e. The highest BCUT2D eigenvalue weighted by atomic mass is 32.2. The summed E-state index contributed by atoms with van der Waals surface area (Å²) in [6, 6.07) is 12.5. The molecule has 0 radical (unpaired) electrons. The third-order valence-corrected chi connectivity index (χ3v) is 6.55. The minimum absolute atomic E-state index is 0.0228. The van der Waals surface area contributed by atoms with Crippen LogP contribution in [0.15, 0.2) is 59.9 Å². The van der Waals surface area contributed by atoms with Gasteiger partial charge in [-0.25, -0.2) is 18.5 Å². The molecule has 27 heavy (non-hydrogen) atoms. The predicted molar refractivity (Wildman–Crippen MR) is 99.8 cm³/mol. The maximum atomic E-state index is 13.4. The molecule has 6 nitrogen and oxygen atoms in total. The van der Waals surface area contributed by atoms with Crippen LogP contribution in [0.25, 0.3) is 11.3 Å². The minimum Gasteiger partial charge on any atom is -0.322 e. The van der Waals surface area contributed by atoms with Gasteiger partial charge >= 0.3 is 0 Å². The molecule has 1 aromatic heterocycles. The lowest BCUT2D eigenvalue weighted by atomic mass is 9.77. The summed E-state index contributed by atoms with van der Waals surface area (Å²) in [6.07, 6.45) is 5.01. The summed E-state index contributed by atoms with van der Waals surface area (Å²) in [5.41, 5.74) is 4.55. The van der Waals surface area contributed by atoms with Gasteiger partial charge in [0, 0.05) is 17.0 Å². The van der Waals surface area contributed by atoms with Crippen LogP contribution in [0.1, 0.15) is 33.9 Å². The number of Topliss-reactive ketones (excluding diaryl/α,β-unsaturated/α-hetero) is 1. The molecule has 7 heteroatoms. The summed E-state index contributed by atoms with van der Waals surface area (Å²) in [5.74, 6) is -0.312. The van der Waals surface area contributed by atoms with Crippen LogP contribution in [-0.2, 0) is 16.4 Å². The van der Waals surface area contributed by atoms with Crippen LogP contribution in [0.2, 0.25) is 0 Å². The molecule has 0 spiro atoms. The van der Waals surface area contributed by atoms with E-state index in [2.05, 4.69) is 15.6 Å². The molecule has 2 unspecified atom stereocenters. The molecule has 2 atom stereocenters. The Balaban J connectivity index is 1.62. The molecular weight excluding hydrogens is 362 g/mol. The Labute approximate surface area is 156 Å². The van der Waals surface area contributed by atoms with Gasteiger partial charge in [-0.05, 0) is 36.1 Å². The second kappa shape index (κ2) is 5.61. The number of imidazole rings is 1. The molecule has 2 N–H and O–H groups in total. The molecule has 2 aromatic carbocycles. The zero-order chi connectivity index (χ0) is 18.8. The van der Waals surface area contributed by atoms with E-state index in [-0.39, 0.29) is 22.6 Å². The molecule has 0 fully saturated rings. The third kappa shape index (κ3) is 2.39. The lowest BCUT2D eigenvalue weighted by Gasteiger charge is -2.29. The highest BCUT2D eigenvalue weighted by molar-refractivity contribution is 7.89. The number of rotatable bonds is 2. The van der Waals surface area contributed by atoms with Crippen molar-refractivity contribution in [1.82, 2.24) is 9.55 Å². The van der Waals surface area contributed by atoms with E-state index in [0.29, 0.717) is 12.0 Å². The number of hydrogen-bond donors (Lipinski definition) is 1. The molecule has 0 amide bonds. The summed E-state index contributed by atoms with van der Waals surface area (Å²) >= 11 is 0. The average Bonchev–Trinajstić information content (AvgIpc) is 3.23. The van der Waals surface area contributed by atoms with Crippen LogP contribution < -0.4 is 5.14 Å². The first kappa shape index (κ1) is 16.4. The Hall–Kier alpha value is -2.77. The zero-order valence-corrected chi connectivity index (χ0v) is 15.2. The highest BCUT2D eigenvalue weighted by Gasteiger charge is 2.40. The molecule has 5 rings (SSSR count). The second-order valence-corrected chi connectivity index (χ2v) is 8.65. The molecule has 0 saturated carbocycles. The molecule has 3 aromatic rings. The van der Waals surface area contributed by atoms with Gasteiger partial charge in [-0.2, -0.15) is 0 Å². The normalized spacial score (nSPS) is 20.9. The van der Waals surface area contributed by atoms with E-state index in [9.17, 15) is 13.2 Å². The molecule has 0 saturated heterocycles. The first-order chi connectivity index (χ1) is 12.9. The number of fused-ring (bicyclic) bond motifs is 4. The van der Waals surface area contributed by atoms with Crippen LogP contribution in [-0.4, -0.2) is 23.8 Å². The van der Waals surface area contributed by atoms with Crippen molar-refractivity contribution in [2.45, 2.75) is 23.8 Å². The Morgan fingerprint density at radius 2 is 1.93 bits per heavy atom. The fraction of sp³-hybridized carbons (Fsp3) is 0.200. The monoisotopic (exact) mass is 379 g/mol. The van der Waals surface area contributed by atoms with Crippen molar-refractivity contribution >= 4 is 15.8 Å². The van der Waals surface area contributed by atoms with Crippen molar-refractivity contribution in [3.8, 4) is 11.3 Å². The van der Waals surface area contributed by atoms with Gasteiger partial charge in [0.1, 0.15) is 0 Å². The number of nitrogens with two attached hydrogens (primary N) is 1. The molecule has 2 heterocycles. The molecule has 1 aliphatic heterocycles. The fourth-order valence-electron chi connectivity index (χ4n) is 4.41. The lowest BCUT2D eigenvalue weighted by molar-refractivity contribution is 0.0871. The molecular formula is C20H17N3O3S. The Morgan fingerprint density at radius 3 is 2.74 bits per heavy atom. The second-order valence-electron chi connectivity index (χ2n) is 7.09. The fourth-order valence-corrected chi connectivity index (χ4v) is 4.95. The van der Waals surface area contributed by atoms with Crippen LogP contribution in [0.4, 0.5) is 0 Å². The van der Waals surface area contributed by atoms with Crippen molar-refractivity contribution in [1.29, 1.82) is 0 Å². The first-order valence-electron chi connectivity index (χ1n) is 8.76. The van der Waals surface area contributed by atoms with E-state index >= 15 is 0 Å². The van der Waals surface area contributed by atoms with E-state index in [1.54, 1.807) is 12.4 Å². The van der Waals surface area contributed by atoms with E-state index in [4.69, 9.17) is 5.14 Å². The summed E-state index contributed by atoms with van der Waals surface area (Å²) in [6.45, 7) is 0. The van der Waals surface area contributed by atoms with Gasteiger partial charge in [-0.15, -0.1) is 0 Å². The van der Waals surface area contributed by atoms with E-state index in [1.807, 2.05) is 24.4 Å². The first-order valence-corrected chi connectivity index (χ1v) is 10.3. The van der Waals surface area contributed by atoms with Crippen molar-refractivity contribution in [3.63, 3.8) is 0 Å². The molecule has 0 bridgehead atoms. The van der Waals surface area contributed by atoms with Gasteiger partial charge in [0.2, 0.25) is 10.0 Å². The zero-order valence-electron chi connectivity index (χ0n) is 14.4. The van der Waals surface area contributed by atoms with Gasteiger partial charge in [-0.1, -0.05) is 30.3 Å². The molecule has 1 aliphatic carbocycles. The van der Waals surface area contributed by atoms with Crippen molar-refractivity contribution in [3.05, 3.63) is 71.7 Å². The third-order valence-electron chi connectivity index (χ3n) is 5.64. The number of sulfonamides is 1. The molecule has 2 aliphatic rings. The van der Waals surface area contributed by atoms with Gasteiger partial charge in [0.15, 0.2) is 5.78 Å².